The quantitative estimate of drug-likeness (QED) is 0.816. The van der Waals surface area contributed by atoms with Crippen LogP contribution in [-0.2, 0) is 11.2 Å². The SMILES string of the molecule is N#Cc1ccc(N2C[C@H](O)[C@H](NC(=O)Cc3ccc(C(F)F)cc3)C2)nn1. The highest BCUT2D eigenvalue weighted by Gasteiger charge is 2.33. The van der Waals surface area contributed by atoms with Gasteiger partial charge in [0.25, 0.3) is 6.43 Å². The van der Waals surface area contributed by atoms with Crippen LogP contribution in [0.2, 0.25) is 0 Å². The van der Waals surface area contributed by atoms with Gasteiger partial charge in [0.05, 0.1) is 18.6 Å². The number of anilines is 1. The normalized spacial score (nSPS) is 19.1. The molecular formula is C18H17F2N5O2. The number of aliphatic hydroxyl groups excluding tert-OH is 1. The molecule has 0 unspecified atom stereocenters. The molecule has 1 aliphatic rings. The second-order valence-corrected chi connectivity index (χ2v) is 6.25. The molecule has 7 nitrogen and oxygen atoms in total. The molecule has 0 spiro atoms. The second kappa shape index (κ2) is 8.05. The van der Waals surface area contributed by atoms with E-state index >= 15 is 0 Å². The molecule has 0 saturated carbocycles. The molecular weight excluding hydrogens is 356 g/mol. The minimum Gasteiger partial charge on any atom is -0.389 e. The van der Waals surface area contributed by atoms with Crippen LogP contribution in [-0.4, -0.2) is 46.4 Å². The van der Waals surface area contributed by atoms with Crippen molar-refractivity contribution in [2.45, 2.75) is 25.0 Å². The lowest BCUT2D eigenvalue weighted by molar-refractivity contribution is -0.121. The highest BCUT2D eigenvalue weighted by Crippen LogP contribution is 2.20. The summed E-state index contributed by atoms with van der Waals surface area (Å²) in [6.45, 7) is 0.617. The molecule has 1 amide bonds. The van der Waals surface area contributed by atoms with Gasteiger partial charge in [-0.1, -0.05) is 24.3 Å². The summed E-state index contributed by atoms with van der Waals surface area (Å²) in [5.41, 5.74) is 0.713. The van der Waals surface area contributed by atoms with Crippen molar-refractivity contribution in [1.29, 1.82) is 5.26 Å². The molecule has 1 aliphatic heterocycles. The van der Waals surface area contributed by atoms with E-state index in [1.165, 1.54) is 30.3 Å². The second-order valence-electron chi connectivity index (χ2n) is 6.25. The third kappa shape index (κ3) is 4.54. The zero-order valence-electron chi connectivity index (χ0n) is 14.2. The number of halogens is 2. The Morgan fingerprint density at radius 3 is 2.59 bits per heavy atom. The van der Waals surface area contributed by atoms with E-state index in [0.29, 0.717) is 17.9 Å². The van der Waals surface area contributed by atoms with Gasteiger partial charge in [0.2, 0.25) is 5.91 Å². The number of carbonyl (C=O) groups is 1. The lowest BCUT2D eigenvalue weighted by atomic mass is 10.1. The Balaban J connectivity index is 1.56. The van der Waals surface area contributed by atoms with Gasteiger partial charge in [0.15, 0.2) is 11.5 Å². The first-order valence-corrected chi connectivity index (χ1v) is 8.29. The number of nitrogens with one attached hydrogen (secondary N) is 1. The molecule has 9 heteroatoms. The first kappa shape index (κ1) is 18.7. The van der Waals surface area contributed by atoms with Crippen LogP contribution in [0.25, 0.3) is 0 Å². The van der Waals surface area contributed by atoms with E-state index in [2.05, 4.69) is 15.5 Å². The summed E-state index contributed by atoms with van der Waals surface area (Å²) in [4.78, 5) is 14.0. The Labute approximate surface area is 154 Å². The topological polar surface area (TPSA) is 102 Å². The third-order valence-corrected chi connectivity index (χ3v) is 4.32. The van der Waals surface area contributed by atoms with Gasteiger partial charge in [-0.3, -0.25) is 4.79 Å². The fourth-order valence-corrected chi connectivity index (χ4v) is 2.89. The maximum Gasteiger partial charge on any atom is 0.263 e. The minimum absolute atomic E-state index is 0.0312. The van der Waals surface area contributed by atoms with Crippen molar-refractivity contribution < 1.29 is 18.7 Å². The van der Waals surface area contributed by atoms with Gasteiger partial charge in [-0.2, -0.15) is 5.26 Å². The molecule has 2 atom stereocenters. The molecule has 1 aromatic heterocycles. The van der Waals surface area contributed by atoms with Crippen molar-refractivity contribution >= 4 is 11.7 Å². The molecule has 2 aromatic rings. The Hall–Kier alpha value is -3.12. The number of carbonyl (C=O) groups excluding carboxylic acids is 1. The molecule has 0 bridgehead atoms. The van der Waals surface area contributed by atoms with Gasteiger partial charge in [-0.25, -0.2) is 8.78 Å². The van der Waals surface area contributed by atoms with Crippen LogP contribution in [0.3, 0.4) is 0 Å². The molecule has 1 saturated heterocycles. The van der Waals surface area contributed by atoms with Gasteiger partial charge >= 0.3 is 0 Å². The smallest absolute Gasteiger partial charge is 0.263 e. The van der Waals surface area contributed by atoms with Gasteiger partial charge < -0.3 is 15.3 Å². The summed E-state index contributed by atoms with van der Waals surface area (Å²) in [5.74, 6) is 0.198. The monoisotopic (exact) mass is 373 g/mol. The number of aromatic nitrogens is 2. The van der Waals surface area contributed by atoms with E-state index in [9.17, 15) is 18.7 Å². The Kier molecular flexibility index (Phi) is 5.57. The molecule has 3 rings (SSSR count). The van der Waals surface area contributed by atoms with Crippen LogP contribution in [0.1, 0.15) is 23.2 Å². The van der Waals surface area contributed by atoms with E-state index in [1.54, 1.807) is 11.0 Å². The number of amides is 1. The van der Waals surface area contributed by atoms with Crippen LogP contribution in [0.4, 0.5) is 14.6 Å². The summed E-state index contributed by atoms with van der Waals surface area (Å²) in [5, 5.41) is 29.4. The largest absolute Gasteiger partial charge is 0.389 e. The number of aliphatic hydroxyl groups is 1. The van der Waals surface area contributed by atoms with Crippen LogP contribution in [0.15, 0.2) is 36.4 Å². The fraction of sp³-hybridized carbons (Fsp3) is 0.333. The molecule has 0 radical (unpaired) electrons. The van der Waals surface area contributed by atoms with E-state index in [4.69, 9.17) is 5.26 Å². The fourth-order valence-electron chi connectivity index (χ4n) is 2.89. The van der Waals surface area contributed by atoms with Crippen LogP contribution >= 0.6 is 0 Å². The maximum absolute atomic E-state index is 12.6. The lowest BCUT2D eigenvalue weighted by Crippen LogP contribution is -2.43. The highest BCUT2D eigenvalue weighted by molar-refractivity contribution is 5.79. The molecule has 1 aromatic carbocycles. The number of benzene rings is 1. The first-order valence-electron chi connectivity index (χ1n) is 8.29. The number of nitrogens with zero attached hydrogens (tertiary/aromatic N) is 4. The Morgan fingerprint density at radius 2 is 2.00 bits per heavy atom. The average Bonchev–Trinajstić information content (AvgIpc) is 3.02. The number of β-amino-alcohol motifs (C(OH)–C–C–N with tert-alkyl or cyclic N) is 1. The van der Waals surface area contributed by atoms with E-state index in [0.717, 1.165) is 0 Å². The maximum atomic E-state index is 12.6. The Bertz CT molecular complexity index is 836. The molecule has 140 valence electrons. The van der Waals surface area contributed by atoms with E-state index in [1.807, 2.05) is 6.07 Å². The number of hydrogen-bond acceptors (Lipinski definition) is 6. The standard InChI is InChI=1S/C18H17F2N5O2/c19-18(20)12-3-1-11(2-4-12)7-17(27)22-14-9-25(10-15(14)26)16-6-5-13(8-21)23-24-16/h1-6,14-15,18,26H,7,9-10H2,(H,22,27)/t14-,15+/m1/s1. The van der Waals surface area contributed by atoms with Gasteiger partial charge in [-0.15, -0.1) is 10.2 Å². The molecule has 2 N–H and O–H groups in total. The predicted octanol–water partition coefficient (Wildman–Crippen LogP) is 1.19. The molecule has 0 aliphatic carbocycles. The highest BCUT2D eigenvalue weighted by atomic mass is 19.3. The van der Waals surface area contributed by atoms with Gasteiger partial charge in [-0.05, 0) is 17.7 Å². The molecule has 27 heavy (non-hydrogen) atoms. The van der Waals surface area contributed by atoms with Crippen molar-refractivity contribution in [3.63, 3.8) is 0 Å². The predicted molar refractivity (Wildman–Crippen MR) is 92.0 cm³/mol. The summed E-state index contributed by atoms with van der Waals surface area (Å²) < 4.78 is 25.1. The number of alkyl halides is 2. The zero-order valence-corrected chi connectivity index (χ0v) is 14.2. The van der Waals surface area contributed by atoms with Crippen molar-refractivity contribution in [1.82, 2.24) is 15.5 Å². The van der Waals surface area contributed by atoms with Crippen molar-refractivity contribution in [3.8, 4) is 6.07 Å². The number of hydrogen-bond donors (Lipinski definition) is 2. The van der Waals surface area contributed by atoms with Crippen molar-refractivity contribution in [2.75, 3.05) is 18.0 Å². The summed E-state index contributed by atoms with van der Waals surface area (Å²) in [6, 6.07) is 10.1. The minimum atomic E-state index is -2.54. The number of rotatable bonds is 5. The average molecular weight is 373 g/mol. The third-order valence-electron chi connectivity index (χ3n) is 4.32. The summed E-state index contributed by atoms with van der Waals surface area (Å²) in [7, 11) is 0. The van der Waals surface area contributed by atoms with Gasteiger partial charge in [0.1, 0.15) is 6.07 Å². The van der Waals surface area contributed by atoms with E-state index < -0.39 is 18.6 Å². The molecule has 2 heterocycles. The summed E-state index contributed by atoms with van der Waals surface area (Å²) >= 11 is 0. The summed E-state index contributed by atoms with van der Waals surface area (Å²) in [6.07, 6.45) is -3.30. The van der Waals surface area contributed by atoms with Crippen LogP contribution < -0.4 is 10.2 Å². The number of nitriles is 1. The molecule has 1 fully saturated rings. The van der Waals surface area contributed by atoms with Crippen molar-refractivity contribution in [3.05, 3.63) is 53.2 Å². The Morgan fingerprint density at radius 1 is 1.26 bits per heavy atom. The van der Waals surface area contributed by atoms with Crippen LogP contribution in [0, 0.1) is 11.3 Å². The van der Waals surface area contributed by atoms with Gasteiger partial charge in [0, 0.05) is 18.7 Å². The lowest BCUT2D eigenvalue weighted by Gasteiger charge is -2.17. The zero-order chi connectivity index (χ0) is 19.4. The van der Waals surface area contributed by atoms with Crippen LogP contribution in [0.5, 0.6) is 0 Å². The van der Waals surface area contributed by atoms with Crippen molar-refractivity contribution in [2.24, 2.45) is 0 Å². The first-order chi connectivity index (χ1) is 13.0. The van der Waals surface area contributed by atoms with E-state index in [-0.39, 0.29) is 30.1 Å².